The maximum absolute atomic E-state index is 12.2. The zero-order chi connectivity index (χ0) is 32.8. The Morgan fingerprint density at radius 3 is 1.60 bits per heavy atom. The third kappa shape index (κ3) is 10.7. The highest BCUT2D eigenvalue weighted by Gasteiger charge is 2.47. The maximum atomic E-state index is 12.2. The molecule has 2 aliphatic heterocycles. The van der Waals surface area contributed by atoms with Gasteiger partial charge in [0.25, 0.3) is 11.8 Å². The molecule has 0 atom stereocenters. The van der Waals surface area contributed by atoms with E-state index in [4.69, 9.17) is 5.73 Å². The number of hydrogen-bond donors (Lipinski definition) is 1. The molecule has 0 saturated carbocycles. The lowest BCUT2D eigenvalue weighted by atomic mass is 9.82. The van der Waals surface area contributed by atoms with Crippen LogP contribution in [0.25, 0.3) is 0 Å². The van der Waals surface area contributed by atoms with Crippen LogP contribution in [0, 0.1) is 29.6 Å². The van der Waals surface area contributed by atoms with Gasteiger partial charge in [-0.25, -0.2) is 14.7 Å². The van der Waals surface area contributed by atoms with Crippen LogP contribution in [0.1, 0.15) is 68.6 Å². The van der Waals surface area contributed by atoms with Gasteiger partial charge in [0.2, 0.25) is 0 Å². The Hall–Kier alpha value is -3.85. The Balaban J connectivity index is 0.000000575. The monoisotopic (exact) mass is 615 g/mol. The second-order valence-electron chi connectivity index (χ2n) is 11.6. The van der Waals surface area contributed by atoms with E-state index in [1.165, 1.54) is 5.01 Å². The van der Waals surface area contributed by atoms with Crippen LogP contribution in [0.15, 0.2) is 22.5 Å². The van der Waals surface area contributed by atoms with Crippen molar-refractivity contribution >= 4 is 29.1 Å². The van der Waals surface area contributed by atoms with Gasteiger partial charge in [0.05, 0.1) is 22.3 Å². The molecule has 0 saturated heterocycles. The molecule has 4 rings (SSSR count). The number of alkyl halides is 3. The number of hydrazone groups is 2. The van der Waals surface area contributed by atoms with Crippen molar-refractivity contribution in [1.29, 1.82) is 0 Å². The van der Waals surface area contributed by atoms with E-state index in [1.54, 1.807) is 49.6 Å². The molecule has 4 heterocycles. The quantitative estimate of drug-likeness (QED) is 0.546. The van der Waals surface area contributed by atoms with Crippen molar-refractivity contribution < 1.29 is 22.8 Å². The van der Waals surface area contributed by atoms with Crippen molar-refractivity contribution in [3.8, 4) is 0 Å². The summed E-state index contributed by atoms with van der Waals surface area (Å²) in [5.41, 5.74) is 5.40. The Bertz CT molecular complexity index is 1240. The number of anilines is 1. The molecule has 0 radical (unpaired) electrons. The summed E-state index contributed by atoms with van der Waals surface area (Å²) < 4.78 is 39.9. The third-order valence-electron chi connectivity index (χ3n) is 6.35. The topological polar surface area (TPSA) is 153 Å². The van der Waals surface area contributed by atoms with Gasteiger partial charge < -0.3 is 5.73 Å². The molecule has 2 N–H and O–H groups in total. The van der Waals surface area contributed by atoms with Crippen LogP contribution < -0.4 is 5.73 Å². The first-order valence-corrected chi connectivity index (χ1v) is 13.3. The van der Waals surface area contributed by atoms with E-state index in [-0.39, 0.29) is 19.3 Å². The van der Waals surface area contributed by atoms with Gasteiger partial charge in [-0.3, -0.25) is 14.3 Å². The molecule has 2 amide bonds. The molecule has 0 aliphatic carbocycles. The lowest BCUT2D eigenvalue weighted by Crippen LogP contribution is -2.39. The van der Waals surface area contributed by atoms with E-state index in [1.807, 2.05) is 41.7 Å². The molecule has 244 valence electrons. The molecule has 2 aromatic heterocycles. The number of hydrogen-bond acceptors (Lipinski definition) is 9. The third-order valence-corrected chi connectivity index (χ3v) is 6.35. The van der Waals surface area contributed by atoms with Gasteiger partial charge in [0.1, 0.15) is 18.2 Å². The van der Waals surface area contributed by atoms with Gasteiger partial charge in [-0.05, 0) is 62.9 Å². The van der Waals surface area contributed by atoms with Crippen LogP contribution in [0.3, 0.4) is 0 Å². The van der Waals surface area contributed by atoms with Gasteiger partial charge >= 0.3 is 6.18 Å². The minimum atomic E-state index is -4.42. The minimum absolute atomic E-state index is 0. The Morgan fingerprint density at radius 2 is 1.40 bits per heavy atom. The summed E-state index contributed by atoms with van der Waals surface area (Å²) in [6, 6.07) is 1.75. The number of aryl methyl sites for hydroxylation is 3. The van der Waals surface area contributed by atoms with Crippen molar-refractivity contribution in [1.82, 2.24) is 40.0 Å². The summed E-state index contributed by atoms with van der Waals surface area (Å²) >= 11 is 0. The van der Waals surface area contributed by atoms with Gasteiger partial charge in [0.15, 0.2) is 0 Å². The fourth-order valence-corrected chi connectivity index (χ4v) is 4.24. The minimum Gasteiger partial charge on any atom is -0.382 e. The predicted molar refractivity (Wildman–Crippen MR) is 161 cm³/mol. The lowest BCUT2D eigenvalue weighted by Gasteiger charge is -2.21. The number of carbonyl (C=O) groups is 2. The van der Waals surface area contributed by atoms with E-state index in [0.717, 1.165) is 11.5 Å². The molecular weight excluding hydrogens is 567 g/mol. The van der Waals surface area contributed by atoms with Crippen molar-refractivity contribution in [3.63, 3.8) is 0 Å². The predicted octanol–water partition coefficient (Wildman–Crippen LogP) is 4.08. The normalized spacial score (nSPS) is 16.9. The van der Waals surface area contributed by atoms with Crippen molar-refractivity contribution in [2.24, 2.45) is 47.0 Å². The number of carbonyl (C=O) groups excluding carboxylic acids is 2. The second-order valence-corrected chi connectivity index (χ2v) is 11.6. The van der Waals surface area contributed by atoms with Gasteiger partial charge in [0, 0.05) is 27.3 Å². The average molecular weight is 616 g/mol. The molecule has 13 nitrogen and oxygen atoms in total. The molecule has 0 aromatic carbocycles. The highest BCUT2D eigenvalue weighted by atomic mass is 19.4. The van der Waals surface area contributed by atoms with Crippen LogP contribution in [-0.4, -0.2) is 83.0 Å². The summed E-state index contributed by atoms with van der Waals surface area (Å²) in [4.78, 5) is 23.3. The van der Waals surface area contributed by atoms with E-state index in [0.29, 0.717) is 22.5 Å². The zero-order valence-electron chi connectivity index (χ0n) is 26.5. The Kier molecular flexibility index (Phi) is 13.7. The molecule has 2 aromatic rings. The van der Waals surface area contributed by atoms with E-state index in [9.17, 15) is 22.8 Å². The molecule has 43 heavy (non-hydrogen) atoms. The number of nitrogens with two attached hydrogens (primary N) is 1. The summed E-state index contributed by atoms with van der Waals surface area (Å²) in [5.74, 6) is 1.20. The first kappa shape index (κ1) is 39.1. The van der Waals surface area contributed by atoms with E-state index in [2.05, 4.69) is 44.7 Å². The number of rotatable bonds is 3. The summed E-state index contributed by atoms with van der Waals surface area (Å²) in [7, 11) is 5.34. The molecule has 0 unspecified atom stereocenters. The summed E-state index contributed by atoms with van der Waals surface area (Å²) in [5, 5.41) is 24.4. The Labute approximate surface area is 252 Å². The zero-order valence-corrected chi connectivity index (χ0v) is 26.5. The number of aromatic nitrogens is 6. The summed E-state index contributed by atoms with van der Waals surface area (Å²) in [6.07, 6.45) is -2.61. The van der Waals surface area contributed by atoms with Crippen molar-refractivity contribution in [2.75, 3.05) is 19.3 Å². The molecule has 16 heteroatoms. The second kappa shape index (κ2) is 15.0. The largest absolute Gasteiger partial charge is 0.408 e. The highest BCUT2D eigenvalue weighted by molar-refractivity contribution is 6.12. The lowest BCUT2D eigenvalue weighted by molar-refractivity contribution is -0.162. The van der Waals surface area contributed by atoms with Crippen LogP contribution in [0.4, 0.5) is 19.0 Å². The average Bonchev–Trinajstić information content (AvgIpc) is 3.53. The van der Waals surface area contributed by atoms with Crippen LogP contribution in [0.2, 0.25) is 0 Å². The first-order valence-electron chi connectivity index (χ1n) is 13.3. The summed E-state index contributed by atoms with van der Waals surface area (Å²) in [6.45, 7) is 15.3. The van der Waals surface area contributed by atoms with Crippen LogP contribution in [-0.2, 0) is 23.7 Å². The van der Waals surface area contributed by atoms with Crippen molar-refractivity contribution in [3.05, 3.63) is 18.1 Å². The molecule has 0 spiro atoms. The first-order chi connectivity index (χ1) is 19.0. The van der Waals surface area contributed by atoms with Crippen LogP contribution in [0.5, 0.6) is 0 Å². The molecular formula is C27H48F3N11O2. The Morgan fingerprint density at radius 1 is 0.907 bits per heavy atom. The van der Waals surface area contributed by atoms with Crippen molar-refractivity contribution in [2.45, 2.75) is 75.9 Å². The maximum Gasteiger partial charge on any atom is 0.408 e. The smallest absolute Gasteiger partial charge is 0.382 e. The fraction of sp³-hybridized carbons (Fsp3) is 0.704. The molecule has 2 aliphatic rings. The van der Waals surface area contributed by atoms with Gasteiger partial charge in [-0.2, -0.15) is 28.5 Å². The molecule has 0 bridgehead atoms. The van der Waals surface area contributed by atoms with E-state index < -0.39 is 29.5 Å². The van der Waals surface area contributed by atoms with Crippen LogP contribution >= 0.6 is 0 Å². The van der Waals surface area contributed by atoms with E-state index >= 15 is 0 Å². The number of nitrogens with zero attached hydrogens (tertiary/aromatic N) is 10. The number of halogens is 3. The molecule has 0 fully saturated rings. The highest BCUT2D eigenvalue weighted by Crippen LogP contribution is 2.33. The number of tetrazole rings is 1. The standard InChI is InChI=1S/C10H15F3N2O.C9H16N2O.C4H7N3.C3H6N4.CH4/c1-6(2)7-9(3,4)8(16)15(14-7)5-10(11,12)13;1-6(2)7-9(3,4)8(12)11(5)10-7;1-7-3-2-4(5)6-7;1-3-4-5-6-7(3)2;/h6H,5H2,1-4H3;6H,1-5H3;2-3H,1H3,(H2,5,6);1-2H3;1H4. The number of amides is 2. The van der Waals surface area contributed by atoms with Gasteiger partial charge in [-0.15, -0.1) is 5.10 Å². The van der Waals surface area contributed by atoms with Gasteiger partial charge in [-0.1, -0.05) is 35.1 Å². The SMILES string of the molecule is C.CC(C)C1=NN(C)C(=O)C1(C)C.CC(C)C1=NN(CC(F)(F)F)C(=O)C1(C)C.Cc1nnnn1C.Cn1ccc(N)n1. The fourth-order valence-electron chi connectivity index (χ4n) is 4.24. The number of nitrogen functional groups attached to an aromatic ring is 1.